The molecule has 33 heavy (non-hydrogen) atoms. The predicted octanol–water partition coefficient (Wildman–Crippen LogP) is 6.41. The van der Waals surface area contributed by atoms with E-state index < -0.39 is 0 Å². The van der Waals surface area contributed by atoms with Gasteiger partial charge >= 0.3 is 0 Å². The minimum Gasteiger partial charge on any atom is -0.337 e. The van der Waals surface area contributed by atoms with Crippen LogP contribution in [0.2, 0.25) is 0 Å². The number of thiophene rings is 2. The van der Waals surface area contributed by atoms with Crippen molar-refractivity contribution in [1.82, 2.24) is 9.80 Å². The van der Waals surface area contributed by atoms with Gasteiger partial charge in [-0.15, -0.1) is 35.1 Å². The average molecular weight is 507 g/mol. The van der Waals surface area contributed by atoms with Crippen LogP contribution in [0.1, 0.15) is 59.1 Å². The normalized spacial score (nSPS) is 17.2. The number of carbonyl (C=O) groups excluding carboxylic acids is 1. The van der Waals surface area contributed by atoms with Crippen LogP contribution in [-0.4, -0.2) is 41.9 Å². The first kappa shape index (κ1) is 24.6. The third-order valence-electron chi connectivity index (χ3n) is 7.30. The molecule has 2 aliphatic rings. The Labute approximate surface area is 210 Å². The van der Waals surface area contributed by atoms with Gasteiger partial charge < -0.3 is 9.80 Å². The van der Waals surface area contributed by atoms with Crippen LogP contribution in [-0.2, 0) is 30.6 Å². The van der Waals surface area contributed by atoms with Gasteiger partial charge in [-0.2, -0.15) is 0 Å². The van der Waals surface area contributed by atoms with E-state index in [-0.39, 0.29) is 24.1 Å². The highest BCUT2D eigenvalue weighted by molar-refractivity contribution is 7.17. The number of fused-ring (bicyclic) bond motifs is 2. The summed E-state index contributed by atoms with van der Waals surface area (Å²) in [4.78, 5) is 19.4. The number of carbonyl (C=O) groups is 1. The lowest BCUT2D eigenvalue weighted by atomic mass is 9.89. The quantitative estimate of drug-likeness (QED) is 0.399. The number of nitrogens with zero attached hydrogens (tertiary/aromatic N) is 2. The van der Waals surface area contributed by atoms with E-state index in [2.05, 4.69) is 17.2 Å². The Bertz CT molecular complexity index is 1130. The van der Waals surface area contributed by atoms with Crippen LogP contribution >= 0.6 is 35.1 Å². The number of halogens is 2. The molecule has 0 spiro atoms. The lowest BCUT2D eigenvalue weighted by molar-refractivity contribution is -0.129. The van der Waals surface area contributed by atoms with Gasteiger partial charge in [-0.3, -0.25) is 4.79 Å². The van der Waals surface area contributed by atoms with E-state index in [9.17, 15) is 9.18 Å². The van der Waals surface area contributed by atoms with E-state index in [4.69, 9.17) is 0 Å². The summed E-state index contributed by atoms with van der Waals surface area (Å²) in [5.41, 5.74) is 4.50. The van der Waals surface area contributed by atoms with E-state index in [0.717, 1.165) is 56.7 Å². The molecule has 0 N–H and O–H groups in total. The predicted molar refractivity (Wildman–Crippen MR) is 140 cm³/mol. The molecule has 5 rings (SSSR count). The van der Waals surface area contributed by atoms with Crippen LogP contribution in [0.15, 0.2) is 23.6 Å². The molecule has 0 radical (unpaired) electrons. The van der Waals surface area contributed by atoms with Gasteiger partial charge in [0.1, 0.15) is 5.82 Å². The van der Waals surface area contributed by atoms with Gasteiger partial charge in [-0.25, -0.2) is 4.39 Å². The Kier molecular flexibility index (Phi) is 7.79. The van der Waals surface area contributed by atoms with Crippen LogP contribution < -0.4 is 0 Å². The number of rotatable bonds is 5. The highest BCUT2D eigenvalue weighted by Crippen LogP contribution is 2.38. The number of hydrogen-bond donors (Lipinski definition) is 0. The van der Waals surface area contributed by atoms with Crippen molar-refractivity contribution in [2.75, 3.05) is 26.2 Å². The van der Waals surface area contributed by atoms with Gasteiger partial charge in [-0.05, 0) is 90.7 Å². The number of likely N-dealkylation sites (tertiary alicyclic amines) is 1. The molecule has 0 saturated carbocycles. The fraction of sp³-hybridized carbons (Fsp3) is 0.500. The molecule has 0 atom stereocenters. The molecule has 1 aromatic carbocycles. The van der Waals surface area contributed by atoms with Crippen LogP contribution in [0.3, 0.4) is 0 Å². The molecule has 4 heterocycles. The van der Waals surface area contributed by atoms with Crippen molar-refractivity contribution >= 4 is 51.1 Å². The van der Waals surface area contributed by atoms with Crippen molar-refractivity contribution < 1.29 is 9.18 Å². The molecule has 0 bridgehead atoms. The molecule has 2 aromatic heterocycles. The third-order valence-corrected chi connectivity index (χ3v) is 9.58. The Morgan fingerprint density at radius 1 is 1.21 bits per heavy atom. The number of hydrogen-bond acceptors (Lipinski definition) is 4. The SMILES string of the molecule is CCc1c(CCN2CCC(c3csc4cc(F)ccc34)CC2)sc2c1CCN(C(C)=O)C2.Cl. The summed E-state index contributed by atoms with van der Waals surface area (Å²) in [7, 11) is 0. The fourth-order valence-electron chi connectivity index (χ4n) is 5.47. The van der Waals surface area contributed by atoms with Gasteiger partial charge in [0.05, 0.1) is 6.54 Å². The second kappa shape index (κ2) is 10.4. The highest BCUT2D eigenvalue weighted by atomic mass is 35.5. The largest absolute Gasteiger partial charge is 0.337 e. The van der Waals surface area contributed by atoms with Crippen molar-refractivity contribution in [3.8, 4) is 0 Å². The average Bonchev–Trinajstić information content (AvgIpc) is 3.37. The Morgan fingerprint density at radius 2 is 2.00 bits per heavy atom. The zero-order valence-corrected chi connectivity index (χ0v) is 21.8. The summed E-state index contributed by atoms with van der Waals surface area (Å²) in [6.45, 7) is 8.99. The second-order valence-electron chi connectivity index (χ2n) is 9.15. The maximum atomic E-state index is 13.5. The van der Waals surface area contributed by atoms with Gasteiger partial charge in [0.15, 0.2) is 0 Å². The van der Waals surface area contributed by atoms with Crippen LogP contribution in [0, 0.1) is 5.82 Å². The van der Waals surface area contributed by atoms with Gasteiger partial charge in [0.25, 0.3) is 0 Å². The van der Waals surface area contributed by atoms with Gasteiger partial charge in [0, 0.05) is 34.5 Å². The molecule has 3 aromatic rings. The summed E-state index contributed by atoms with van der Waals surface area (Å²) in [6.07, 6.45) is 5.58. The van der Waals surface area contributed by atoms with Crippen molar-refractivity contribution in [3.63, 3.8) is 0 Å². The van der Waals surface area contributed by atoms with Crippen molar-refractivity contribution in [2.24, 2.45) is 0 Å². The molecule has 1 amide bonds. The molecule has 0 aliphatic carbocycles. The fourth-order valence-corrected chi connectivity index (χ4v) is 7.99. The minimum absolute atomic E-state index is 0. The summed E-state index contributed by atoms with van der Waals surface area (Å²) in [6, 6.07) is 5.22. The molecular weight excluding hydrogens is 475 g/mol. The van der Waals surface area contributed by atoms with Crippen LogP contribution in [0.4, 0.5) is 4.39 Å². The summed E-state index contributed by atoms with van der Waals surface area (Å²) < 4.78 is 14.6. The number of amides is 1. The standard InChI is InChI=1S/C26H31FN2OS2.ClH/c1-3-20-22-8-13-29(17(2)30)15-26(22)32-24(20)9-12-28-10-6-18(7-11-28)23-16-31-25-14-19(27)4-5-21(23)25;/h4-5,14,16,18H,3,6-13,15H2,1-2H3;1H. The molecule has 1 fully saturated rings. The molecule has 3 nitrogen and oxygen atoms in total. The van der Waals surface area contributed by atoms with Crippen molar-refractivity contribution in [3.05, 3.63) is 55.8 Å². The summed E-state index contributed by atoms with van der Waals surface area (Å²) in [5, 5.41) is 3.49. The first-order valence-electron chi connectivity index (χ1n) is 11.8. The first-order valence-corrected chi connectivity index (χ1v) is 13.5. The number of piperidine rings is 1. The highest BCUT2D eigenvalue weighted by Gasteiger charge is 2.26. The lowest BCUT2D eigenvalue weighted by Crippen LogP contribution is -2.34. The molecule has 1 saturated heterocycles. The number of benzene rings is 1. The molecule has 0 unspecified atom stereocenters. The topological polar surface area (TPSA) is 23.6 Å². The van der Waals surface area contributed by atoms with E-state index >= 15 is 0 Å². The molecule has 7 heteroatoms. The van der Waals surface area contributed by atoms with E-state index in [1.165, 1.54) is 39.1 Å². The molecule has 178 valence electrons. The molecule has 2 aliphatic heterocycles. The Morgan fingerprint density at radius 3 is 2.73 bits per heavy atom. The maximum Gasteiger partial charge on any atom is 0.219 e. The monoisotopic (exact) mass is 506 g/mol. The summed E-state index contributed by atoms with van der Waals surface area (Å²) >= 11 is 3.62. The lowest BCUT2D eigenvalue weighted by Gasteiger charge is -2.32. The second-order valence-corrected chi connectivity index (χ2v) is 11.2. The van der Waals surface area contributed by atoms with Crippen LogP contribution in [0.5, 0.6) is 0 Å². The van der Waals surface area contributed by atoms with E-state index in [1.54, 1.807) is 36.0 Å². The van der Waals surface area contributed by atoms with E-state index in [1.807, 2.05) is 22.3 Å². The Balaban J connectivity index is 0.00000259. The zero-order valence-electron chi connectivity index (χ0n) is 19.4. The van der Waals surface area contributed by atoms with Crippen LogP contribution in [0.25, 0.3) is 10.1 Å². The summed E-state index contributed by atoms with van der Waals surface area (Å²) in [5.74, 6) is 0.634. The van der Waals surface area contributed by atoms with Gasteiger partial charge in [0.2, 0.25) is 5.91 Å². The smallest absolute Gasteiger partial charge is 0.219 e. The maximum absolute atomic E-state index is 13.5. The van der Waals surface area contributed by atoms with Crippen molar-refractivity contribution in [1.29, 1.82) is 0 Å². The van der Waals surface area contributed by atoms with E-state index in [0.29, 0.717) is 5.92 Å². The third kappa shape index (κ3) is 5.00. The zero-order chi connectivity index (χ0) is 22.2. The Hall–Kier alpha value is -1.47. The molecular formula is C26H32ClFN2OS2. The first-order chi connectivity index (χ1) is 15.5. The van der Waals surface area contributed by atoms with Gasteiger partial charge in [-0.1, -0.05) is 13.0 Å². The minimum atomic E-state index is -0.142. The van der Waals surface area contributed by atoms with Crippen molar-refractivity contribution in [2.45, 2.75) is 58.4 Å².